The average molecular weight is 743 g/mol. The van der Waals surface area contributed by atoms with Crippen LogP contribution in [0.15, 0.2) is 105 Å². The second-order valence-electron chi connectivity index (χ2n) is 12.6. The molecule has 0 aliphatic carbocycles. The van der Waals surface area contributed by atoms with Crippen LogP contribution >= 0.6 is 0 Å². The number of aromatic nitrogens is 2. The minimum atomic E-state index is -3.95. The molecule has 14 heteroatoms. The second-order valence-corrected chi connectivity index (χ2v) is 14.6. The second kappa shape index (κ2) is 15.1. The zero-order valence-electron chi connectivity index (χ0n) is 29.1. The van der Waals surface area contributed by atoms with Crippen molar-refractivity contribution in [3.63, 3.8) is 0 Å². The molecule has 1 aromatic heterocycles. The molecule has 2 amide bonds. The van der Waals surface area contributed by atoms with Gasteiger partial charge >= 0.3 is 5.69 Å². The van der Waals surface area contributed by atoms with E-state index in [1.54, 1.807) is 54.6 Å². The summed E-state index contributed by atoms with van der Waals surface area (Å²) in [6.07, 6.45) is 1.26. The number of ether oxygens (including phenoxy) is 1. The standard InChI is InChI=1S/C39H36F2N4O7S/c1-24-34(28-16-9-18-32(52-2)35(28)41)38(48)45(39(49)44(24)22-29-30(40)17-10-19-33(29)53(3,50)51)23-31(25-12-5-4-6-13-25)42-20-11-21-43-36(46)26-14-7-8-15-27(26)37(43)47/h4-10,12-19,31,42H,11,20-23H2,1-3H3/t31-/m0/s1. The van der Waals surface area contributed by atoms with Crippen molar-refractivity contribution in [1.82, 2.24) is 19.4 Å². The van der Waals surface area contributed by atoms with Gasteiger partial charge in [0, 0.05) is 29.6 Å². The van der Waals surface area contributed by atoms with Crippen LogP contribution in [-0.2, 0) is 22.9 Å². The van der Waals surface area contributed by atoms with Crippen LogP contribution in [0.2, 0.25) is 0 Å². The molecular formula is C39H36F2N4O7S. The number of benzene rings is 4. The van der Waals surface area contributed by atoms with E-state index in [2.05, 4.69) is 5.32 Å². The molecule has 2 heterocycles. The molecule has 11 nitrogen and oxygen atoms in total. The summed E-state index contributed by atoms with van der Waals surface area (Å²) in [5.74, 6) is -2.67. The van der Waals surface area contributed by atoms with E-state index in [0.29, 0.717) is 23.1 Å². The topological polar surface area (TPSA) is 137 Å². The Hall–Kier alpha value is -5.73. The zero-order chi connectivity index (χ0) is 38.0. The van der Waals surface area contributed by atoms with Crippen molar-refractivity contribution in [3.8, 4) is 16.9 Å². The number of methoxy groups -OCH3 is 1. The van der Waals surface area contributed by atoms with E-state index in [0.717, 1.165) is 21.5 Å². The molecule has 1 aliphatic heterocycles. The number of amides is 2. The molecule has 1 atom stereocenters. The van der Waals surface area contributed by atoms with Crippen molar-refractivity contribution in [1.29, 1.82) is 0 Å². The fraction of sp³-hybridized carbons (Fsp3) is 0.231. The fourth-order valence-corrected chi connectivity index (χ4v) is 7.56. The minimum absolute atomic E-state index is 0.0173. The Morgan fingerprint density at radius 1 is 0.792 bits per heavy atom. The number of nitrogens with zero attached hydrogens (tertiary/aromatic N) is 3. The normalized spacial score (nSPS) is 13.3. The van der Waals surface area contributed by atoms with Gasteiger partial charge in [-0.15, -0.1) is 0 Å². The number of rotatable bonds is 13. The third-order valence-electron chi connectivity index (χ3n) is 9.33. The summed E-state index contributed by atoms with van der Waals surface area (Å²) in [4.78, 5) is 55.4. The van der Waals surface area contributed by atoms with E-state index >= 15 is 8.78 Å². The van der Waals surface area contributed by atoms with Gasteiger partial charge in [0.2, 0.25) is 0 Å². The van der Waals surface area contributed by atoms with Crippen molar-refractivity contribution < 1.29 is 31.5 Å². The Bertz CT molecular complexity index is 2430. The van der Waals surface area contributed by atoms with Gasteiger partial charge in [-0.25, -0.2) is 22.0 Å². The lowest BCUT2D eigenvalue weighted by molar-refractivity contribution is 0.0652. The summed E-state index contributed by atoms with van der Waals surface area (Å²) in [7, 11) is -2.68. The first-order chi connectivity index (χ1) is 25.3. The highest BCUT2D eigenvalue weighted by atomic mass is 32.2. The smallest absolute Gasteiger partial charge is 0.331 e. The van der Waals surface area contributed by atoms with Crippen molar-refractivity contribution in [3.05, 3.63) is 151 Å². The van der Waals surface area contributed by atoms with Crippen molar-refractivity contribution in [2.75, 3.05) is 26.5 Å². The van der Waals surface area contributed by atoms with Crippen LogP contribution in [0.4, 0.5) is 8.78 Å². The van der Waals surface area contributed by atoms with Gasteiger partial charge in [-0.1, -0.05) is 60.7 Å². The molecule has 53 heavy (non-hydrogen) atoms. The first-order valence-electron chi connectivity index (χ1n) is 16.7. The summed E-state index contributed by atoms with van der Waals surface area (Å²) in [6, 6.07) is 22.6. The SMILES string of the molecule is COc1cccc(-c2c(C)n(Cc3c(F)cccc3S(C)(=O)=O)c(=O)n(C[C@H](NCCCN3C(=O)c4ccccc4C3=O)c3ccccc3)c2=O)c1F. The summed E-state index contributed by atoms with van der Waals surface area (Å²) in [5.41, 5.74) is -1.03. The molecular weight excluding hydrogens is 707 g/mol. The van der Waals surface area contributed by atoms with E-state index < -0.39 is 45.3 Å². The van der Waals surface area contributed by atoms with Crippen LogP contribution in [-0.4, -0.2) is 60.7 Å². The number of nitrogens with one attached hydrogen (secondary N) is 1. The number of halogens is 2. The average Bonchev–Trinajstić information content (AvgIpc) is 3.38. The van der Waals surface area contributed by atoms with Crippen LogP contribution in [0.3, 0.4) is 0 Å². The van der Waals surface area contributed by atoms with E-state index in [1.807, 2.05) is 0 Å². The number of carbonyl (C=O) groups is 2. The van der Waals surface area contributed by atoms with Crippen molar-refractivity contribution >= 4 is 21.7 Å². The number of fused-ring (bicyclic) bond motifs is 1. The highest BCUT2D eigenvalue weighted by molar-refractivity contribution is 7.90. The van der Waals surface area contributed by atoms with Gasteiger partial charge in [0.1, 0.15) is 5.82 Å². The first kappa shape index (κ1) is 37.0. The van der Waals surface area contributed by atoms with Gasteiger partial charge in [-0.3, -0.25) is 28.4 Å². The van der Waals surface area contributed by atoms with E-state index in [4.69, 9.17) is 4.74 Å². The maximum atomic E-state index is 15.8. The maximum absolute atomic E-state index is 15.8. The van der Waals surface area contributed by atoms with E-state index in [9.17, 15) is 27.6 Å². The van der Waals surface area contributed by atoms with Crippen LogP contribution in [0.5, 0.6) is 5.75 Å². The van der Waals surface area contributed by atoms with Gasteiger partial charge in [0.15, 0.2) is 21.4 Å². The number of hydrogen-bond acceptors (Lipinski definition) is 8. The molecule has 0 fully saturated rings. The molecule has 0 spiro atoms. The van der Waals surface area contributed by atoms with Gasteiger partial charge in [0.05, 0.1) is 47.8 Å². The molecule has 0 radical (unpaired) electrons. The summed E-state index contributed by atoms with van der Waals surface area (Å²) in [6.45, 7) is 0.926. The maximum Gasteiger partial charge on any atom is 0.331 e. The molecule has 274 valence electrons. The summed E-state index contributed by atoms with van der Waals surface area (Å²) >= 11 is 0. The number of sulfone groups is 1. The molecule has 0 saturated carbocycles. The predicted molar refractivity (Wildman–Crippen MR) is 194 cm³/mol. The third kappa shape index (κ3) is 7.19. The Kier molecular flexibility index (Phi) is 10.5. The zero-order valence-corrected chi connectivity index (χ0v) is 30.0. The molecule has 6 rings (SSSR count). The molecule has 1 aliphatic rings. The number of carbonyl (C=O) groups excluding carboxylic acids is 2. The summed E-state index contributed by atoms with van der Waals surface area (Å²) < 4.78 is 63.7. The largest absolute Gasteiger partial charge is 0.494 e. The quantitative estimate of drug-likeness (QED) is 0.135. The Balaban J connectivity index is 1.41. The summed E-state index contributed by atoms with van der Waals surface area (Å²) in [5, 5.41) is 3.33. The van der Waals surface area contributed by atoms with Gasteiger partial charge in [0.25, 0.3) is 17.4 Å². The molecule has 5 aromatic rings. The fourth-order valence-electron chi connectivity index (χ4n) is 6.63. The lowest BCUT2D eigenvalue weighted by Crippen LogP contribution is -2.45. The Morgan fingerprint density at radius 2 is 1.42 bits per heavy atom. The van der Waals surface area contributed by atoms with Crippen molar-refractivity contribution in [2.24, 2.45) is 0 Å². The lowest BCUT2D eigenvalue weighted by atomic mass is 10.0. The van der Waals surface area contributed by atoms with Crippen molar-refractivity contribution in [2.45, 2.75) is 37.4 Å². The first-order valence-corrected chi connectivity index (χ1v) is 18.6. The third-order valence-corrected chi connectivity index (χ3v) is 10.5. The molecule has 1 N–H and O–H groups in total. The van der Waals surface area contributed by atoms with E-state index in [-0.39, 0.29) is 64.5 Å². The molecule has 0 bridgehead atoms. The highest BCUT2D eigenvalue weighted by Gasteiger charge is 2.34. The van der Waals surface area contributed by atoms with Crippen LogP contribution in [0, 0.1) is 18.6 Å². The molecule has 4 aromatic carbocycles. The molecule has 0 unspecified atom stereocenters. The monoisotopic (exact) mass is 742 g/mol. The van der Waals surface area contributed by atoms with Gasteiger partial charge in [-0.2, -0.15) is 0 Å². The van der Waals surface area contributed by atoms with Crippen LogP contribution < -0.4 is 21.3 Å². The minimum Gasteiger partial charge on any atom is -0.494 e. The van der Waals surface area contributed by atoms with Crippen LogP contribution in [0.25, 0.3) is 11.1 Å². The lowest BCUT2D eigenvalue weighted by Gasteiger charge is -2.24. The van der Waals surface area contributed by atoms with Gasteiger partial charge < -0.3 is 10.1 Å². The Labute approximate surface area is 304 Å². The molecule has 0 saturated heterocycles. The van der Waals surface area contributed by atoms with Gasteiger partial charge in [-0.05, 0) is 55.8 Å². The number of hydrogen-bond donors (Lipinski definition) is 1. The predicted octanol–water partition coefficient (Wildman–Crippen LogP) is 4.74. The van der Waals surface area contributed by atoms with E-state index in [1.165, 1.54) is 49.3 Å². The van der Waals surface area contributed by atoms with Crippen LogP contribution in [0.1, 0.15) is 50.0 Å². The highest BCUT2D eigenvalue weighted by Crippen LogP contribution is 2.30. The number of imide groups is 1. The Morgan fingerprint density at radius 3 is 2.06 bits per heavy atom.